The van der Waals surface area contributed by atoms with Crippen LogP contribution in [0.5, 0.6) is 5.75 Å². The van der Waals surface area contributed by atoms with Gasteiger partial charge in [-0.1, -0.05) is 18.2 Å². The van der Waals surface area contributed by atoms with Gasteiger partial charge in [-0.3, -0.25) is 0 Å². The summed E-state index contributed by atoms with van der Waals surface area (Å²) in [5, 5.41) is 8.95. The highest BCUT2D eigenvalue weighted by atomic mass is 16.3. The first-order chi connectivity index (χ1) is 4.34. The summed E-state index contributed by atoms with van der Waals surface area (Å²) in [7, 11) is 0. The van der Waals surface area contributed by atoms with Crippen molar-refractivity contribution in [2.24, 2.45) is 0 Å². The number of hydrogen-bond acceptors (Lipinski definition) is 1. The molecule has 0 saturated heterocycles. The highest BCUT2D eigenvalue weighted by molar-refractivity contribution is 5.31. The topological polar surface area (TPSA) is 42.5 Å². The Bertz CT molecular complexity index is 198. The highest BCUT2D eigenvalue weighted by Gasteiger charge is 1.93. The molecular formula is C7H7NO. The lowest BCUT2D eigenvalue weighted by Gasteiger charge is -1.95. The number of phenols is 1. The SMILES string of the molecule is [N]Cc1ccccc1O. The summed E-state index contributed by atoms with van der Waals surface area (Å²) in [6.07, 6.45) is 0. The van der Waals surface area contributed by atoms with E-state index in [1.165, 1.54) is 0 Å². The first-order valence-corrected chi connectivity index (χ1v) is 2.72. The number of benzene rings is 1. The third-order valence-electron chi connectivity index (χ3n) is 1.16. The molecule has 0 aromatic heterocycles. The van der Waals surface area contributed by atoms with Gasteiger partial charge in [0.05, 0.1) is 6.54 Å². The van der Waals surface area contributed by atoms with E-state index in [0.717, 1.165) is 0 Å². The summed E-state index contributed by atoms with van der Waals surface area (Å²) in [6.45, 7) is -0.104. The molecule has 0 atom stereocenters. The minimum Gasteiger partial charge on any atom is -0.508 e. The van der Waals surface area contributed by atoms with E-state index in [0.29, 0.717) is 5.56 Å². The molecule has 46 valence electrons. The first kappa shape index (κ1) is 6.11. The van der Waals surface area contributed by atoms with Crippen LogP contribution in [0.15, 0.2) is 24.3 Å². The van der Waals surface area contributed by atoms with Crippen molar-refractivity contribution in [3.05, 3.63) is 29.8 Å². The zero-order valence-electron chi connectivity index (χ0n) is 4.91. The molecule has 1 rings (SSSR count). The van der Waals surface area contributed by atoms with Crippen LogP contribution in [0.1, 0.15) is 5.56 Å². The van der Waals surface area contributed by atoms with E-state index in [2.05, 4.69) is 0 Å². The molecule has 0 aliphatic heterocycles. The third kappa shape index (κ3) is 1.21. The van der Waals surface area contributed by atoms with Gasteiger partial charge in [-0.05, 0) is 6.07 Å². The number of rotatable bonds is 1. The van der Waals surface area contributed by atoms with Crippen LogP contribution in [0.4, 0.5) is 0 Å². The van der Waals surface area contributed by atoms with E-state index in [4.69, 9.17) is 10.8 Å². The molecular weight excluding hydrogens is 114 g/mol. The molecule has 0 aliphatic carbocycles. The van der Waals surface area contributed by atoms with Gasteiger partial charge in [0.2, 0.25) is 0 Å². The quantitative estimate of drug-likeness (QED) is 0.590. The normalized spacial score (nSPS) is 9.44. The molecule has 0 fully saturated rings. The van der Waals surface area contributed by atoms with E-state index in [-0.39, 0.29) is 12.3 Å². The Hall–Kier alpha value is -1.02. The molecule has 2 nitrogen and oxygen atoms in total. The van der Waals surface area contributed by atoms with Crippen LogP contribution in [0.3, 0.4) is 0 Å². The number of phenolic OH excluding ortho intramolecular Hbond substituents is 1. The fraction of sp³-hybridized carbons (Fsp3) is 0.143. The van der Waals surface area contributed by atoms with E-state index in [1.54, 1.807) is 24.3 Å². The Labute approximate surface area is 53.9 Å². The Morgan fingerprint density at radius 1 is 1.33 bits per heavy atom. The Balaban J connectivity index is 3.01. The van der Waals surface area contributed by atoms with Crippen molar-refractivity contribution in [2.45, 2.75) is 6.54 Å². The zero-order valence-corrected chi connectivity index (χ0v) is 4.91. The van der Waals surface area contributed by atoms with Crippen molar-refractivity contribution >= 4 is 0 Å². The molecule has 0 bridgehead atoms. The minimum atomic E-state index is -0.104. The average molecular weight is 121 g/mol. The van der Waals surface area contributed by atoms with E-state index in [9.17, 15) is 0 Å². The molecule has 0 spiro atoms. The number of para-hydroxylation sites is 1. The van der Waals surface area contributed by atoms with Gasteiger partial charge in [0.25, 0.3) is 0 Å². The lowest BCUT2D eigenvalue weighted by molar-refractivity contribution is 0.468. The van der Waals surface area contributed by atoms with Gasteiger partial charge in [-0.2, -0.15) is 0 Å². The molecule has 1 aromatic carbocycles. The van der Waals surface area contributed by atoms with Crippen molar-refractivity contribution in [3.8, 4) is 5.75 Å². The first-order valence-electron chi connectivity index (χ1n) is 2.72. The second kappa shape index (κ2) is 2.51. The maximum absolute atomic E-state index is 8.95. The van der Waals surface area contributed by atoms with Crippen molar-refractivity contribution in [2.75, 3.05) is 0 Å². The number of nitrogens with zero attached hydrogens (tertiary/aromatic N) is 1. The van der Waals surface area contributed by atoms with Crippen LogP contribution >= 0.6 is 0 Å². The van der Waals surface area contributed by atoms with Crippen molar-refractivity contribution < 1.29 is 5.11 Å². The van der Waals surface area contributed by atoms with Gasteiger partial charge < -0.3 is 5.11 Å². The monoisotopic (exact) mass is 121 g/mol. The van der Waals surface area contributed by atoms with Crippen LogP contribution in [0.25, 0.3) is 0 Å². The maximum Gasteiger partial charge on any atom is 0.120 e. The Morgan fingerprint density at radius 3 is 2.44 bits per heavy atom. The summed E-state index contributed by atoms with van der Waals surface area (Å²) in [5.74, 6) is 0.153. The largest absolute Gasteiger partial charge is 0.508 e. The van der Waals surface area contributed by atoms with Gasteiger partial charge in [0.1, 0.15) is 5.75 Å². The number of hydrogen-bond donors (Lipinski definition) is 1. The predicted molar refractivity (Wildman–Crippen MR) is 33.9 cm³/mol. The summed E-state index contributed by atoms with van der Waals surface area (Å²) in [4.78, 5) is 0. The highest BCUT2D eigenvalue weighted by Crippen LogP contribution is 2.13. The molecule has 0 amide bonds. The molecule has 1 aromatic rings. The fourth-order valence-corrected chi connectivity index (χ4v) is 0.645. The van der Waals surface area contributed by atoms with E-state index in [1.807, 2.05) is 0 Å². The predicted octanol–water partition coefficient (Wildman–Crippen LogP) is 0.961. The standard InChI is InChI=1S/C7H7NO/c8-5-6-3-1-2-4-7(6)9/h1-4,9H,5H2. The van der Waals surface area contributed by atoms with Crippen molar-refractivity contribution in [1.29, 1.82) is 0 Å². The lowest BCUT2D eigenvalue weighted by Crippen LogP contribution is -1.83. The van der Waals surface area contributed by atoms with Crippen molar-refractivity contribution in [1.82, 2.24) is 5.73 Å². The molecule has 2 radical (unpaired) electrons. The summed E-state index contributed by atoms with van der Waals surface area (Å²) in [6, 6.07) is 6.71. The molecule has 0 unspecified atom stereocenters. The van der Waals surface area contributed by atoms with E-state index < -0.39 is 0 Å². The second-order valence-electron chi connectivity index (χ2n) is 1.79. The van der Waals surface area contributed by atoms with E-state index >= 15 is 0 Å². The van der Waals surface area contributed by atoms with Crippen molar-refractivity contribution in [3.63, 3.8) is 0 Å². The summed E-state index contributed by atoms with van der Waals surface area (Å²) in [5.41, 5.74) is 9.13. The van der Waals surface area contributed by atoms with Crippen LogP contribution in [-0.4, -0.2) is 5.11 Å². The number of aromatic hydroxyl groups is 1. The van der Waals surface area contributed by atoms with Crippen LogP contribution in [0.2, 0.25) is 0 Å². The van der Waals surface area contributed by atoms with Gasteiger partial charge >= 0.3 is 0 Å². The Kier molecular flexibility index (Phi) is 1.70. The fourth-order valence-electron chi connectivity index (χ4n) is 0.645. The van der Waals surface area contributed by atoms with Crippen LogP contribution in [0, 0.1) is 0 Å². The Morgan fingerprint density at radius 2 is 2.00 bits per heavy atom. The van der Waals surface area contributed by atoms with Gasteiger partial charge in [0.15, 0.2) is 0 Å². The minimum absolute atomic E-state index is 0.104. The average Bonchev–Trinajstić information content (AvgIpc) is 1.89. The van der Waals surface area contributed by atoms with Crippen LogP contribution in [-0.2, 0) is 6.54 Å². The molecule has 0 heterocycles. The van der Waals surface area contributed by atoms with Gasteiger partial charge in [-0.25, -0.2) is 0 Å². The van der Waals surface area contributed by atoms with Crippen LogP contribution < -0.4 is 5.73 Å². The lowest BCUT2D eigenvalue weighted by atomic mass is 10.2. The third-order valence-corrected chi connectivity index (χ3v) is 1.16. The molecule has 0 aliphatic rings. The maximum atomic E-state index is 8.95. The molecule has 1 N–H and O–H groups in total. The van der Waals surface area contributed by atoms with Gasteiger partial charge in [0, 0.05) is 5.56 Å². The molecule has 0 saturated carbocycles. The summed E-state index contributed by atoms with van der Waals surface area (Å²) >= 11 is 0. The summed E-state index contributed by atoms with van der Waals surface area (Å²) < 4.78 is 0. The second-order valence-corrected chi connectivity index (χ2v) is 1.79. The smallest absolute Gasteiger partial charge is 0.120 e. The molecule has 2 heteroatoms. The zero-order chi connectivity index (χ0) is 6.69. The van der Waals surface area contributed by atoms with Gasteiger partial charge in [-0.15, -0.1) is 5.73 Å². The molecule has 9 heavy (non-hydrogen) atoms.